The first-order chi connectivity index (χ1) is 15.5. The molecule has 0 amide bonds. The van der Waals surface area contributed by atoms with Gasteiger partial charge in [-0.05, 0) is 37.2 Å². The van der Waals surface area contributed by atoms with Crippen molar-refractivity contribution < 1.29 is 17.6 Å². The SMILES string of the molecule is Fc1cc(-c2nnc(C(F)F)o2)cnc1Cn1cc(-c2ccc(CN3CCC3)cn2)nn1. The van der Waals surface area contributed by atoms with Crippen molar-refractivity contribution in [2.24, 2.45) is 0 Å². The fourth-order valence-corrected chi connectivity index (χ4v) is 3.25. The van der Waals surface area contributed by atoms with Crippen LogP contribution in [0.1, 0.15) is 30.0 Å². The summed E-state index contributed by atoms with van der Waals surface area (Å²) >= 11 is 0. The van der Waals surface area contributed by atoms with E-state index in [9.17, 15) is 13.2 Å². The van der Waals surface area contributed by atoms with E-state index < -0.39 is 18.1 Å². The van der Waals surface area contributed by atoms with Crippen molar-refractivity contribution in [3.8, 4) is 22.8 Å². The smallest absolute Gasteiger partial charge is 0.314 e. The van der Waals surface area contributed by atoms with Crippen LogP contribution in [0, 0.1) is 5.82 Å². The van der Waals surface area contributed by atoms with E-state index in [4.69, 9.17) is 4.42 Å². The Hall–Kier alpha value is -3.67. The number of hydrogen-bond acceptors (Lipinski definition) is 8. The zero-order valence-corrected chi connectivity index (χ0v) is 16.7. The number of hydrogen-bond donors (Lipinski definition) is 0. The van der Waals surface area contributed by atoms with E-state index >= 15 is 0 Å². The first-order valence-electron chi connectivity index (χ1n) is 9.89. The lowest BCUT2D eigenvalue weighted by molar-refractivity contribution is 0.116. The third-order valence-electron chi connectivity index (χ3n) is 5.08. The van der Waals surface area contributed by atoms with E-state index in [1.807, 2.05) is 18.3 Å². The second kappa shape index (κ2) is 8.46. The zero-order valence-electron chi connectivity index (χ0n) is 16.7. The van der Waals surface area contributed by atoms with Crippen LogP contribution in [-0.2, 0) is 13.1 Å². The number of nitrogens with zero attached hydrogens (tertiary/aromatic N) is 8. The number of rotatable bonds is 7. The summed E-state index contributed by atoms with van der Waals surface area (Å²) in [6, 6.07) is 4.99. The Labute approximate surface area is 179 Å². The van der Waals surface area contributed by atoms with Crippen LogP contribution in [0.5, 0.6) is 0 Å². The second-order valence-corrected chi connectivity index (χ2v) is 7.38. The minimum Gasteiger partial charge on any atom is -0.415 e. The summed E-state index contributed by atoms with van der Waals surface area (Å²) in [6.07, 6.45) is 3.09. The fraction of sp³-hybridized carbons (Fsp3) is 0.300. The van der Waals surface area contributed by atoms with Gasteiger partial charge in [0.2, 0.25) is 5.89 Å². The van der Waals surface area contributed by atoms with Crippen molar-refractivity contribution >= 4 is 0 Å². The quantitative estimate of drug-likeness (QED) is 0.431. The lowest BCUT2D eigenvalue weighted by Gasteiger charge is -2.30. The van der Waals surface area contributed by atoms with Crippen LogP contribution in [0.15, 0.2) is 41.2 Å². The Balaban J connectivity index is 1.27. The highest BCUT2D eigenvalue weighted by Crippen LogP contribution is 2.24. The maximum absolute atomic E-state index is 14.5. The Bertz CT molecular complexity index is 1220. The molecule has 5 rings (SSSR count). The molecule has 0 aliphatic carbocycles. The van der Waals surface area contributed by atoms with Gasteiger partial charge in [-0.25, -0.2) is 9.07 Å². The standard InChI is InChI=1S/C20H17F3N8O/c21-14-6-13(19-27-28-20(32-19)18(22)23)8-25-16(14)10-31-11-17(26-29-31)15-3-2-12(7-24-15)9-30-4-1-5-30/h2-3,6-8,11,18H,1,4-5,9-10H2. The van der Waals surface area contributed by atoms with Crippen LogP contribution in [0.25, 0.3) is 22.8 Å². The van der Waals surface area contributed by atoms with Crippen molar-refractivity contribution in [3.05, 3.63) is 59.8 Å². The van der Waals surface area contributed by atoms with Gasteiger partial charge < -0.3 is 4.42 Å². The van der Waals surface area contributed by atoms with Gasteiger partial charge in [-0.2, -0.15) is 8.78 Å². The zero-order chi connectivity index (χ0) is 22.1. The number of aromatic nitrogens is 7. The Morgan fingerprint density at radius 3 is 2.53 bits per heavy atom. The molecule has 1 saturated heterocycles. The van der Waals surface area contributed by atoms with E-state index in [2.05, 4.69) is 35.4 Å². The summed E-state index contributed by atoms with van der Waals surface area (Å²) in [6.45, 7) is 3.15. The Morgan fingerprint density at radius 1 is 1.00 bits per heavy atom. The maximum atomic E-state index is 14.5. The Kier molecular flexibility index (Phi) is 5.35. The number of likely N-dealkylation sites (tertiary alicyclic amines) is 1. The number of halogens is 3. The average Bonchev–Trinajstić information content (AvgIpc) is 3.43. The minimum atomic E-state index is -2.90. The van der Waals surface area contributed by atoms with E-state index in [-0.39, 0.29) is 23.7 Å². The van der Waals surface area contributed by atoms with Crippen LogP contribution in [-0.4, -0.2) is 53.1 Å². The molecule has 0 bridgehead atoms. The molecule has 0 aromatic carbocycles. The monoisotopic (exact) mass is 442 g/mol. The van der Waals surface area contributed by atoms with Crippen LogP contribution < -0.4 is 0 Å². The highest BCUT2D eigenvalue weighted by molar-refractivity contribution is 5.52. The molecule has 0 unspecified atom stereocenters. The largest absolute Gasteiger partial charge is 0.415 e. The lowest BCUT2D eigenvalue weighted by Crippen LogP contribution is -2.36. The topological polar surface area (TPSA) is 98.7 Å². The molecule has 1 fully saturated rings. The number of alkyl halides is 2. The molecule has 4 aromatic heterocycles. The predicted molar refractivity (Wildman–Crippen MR) is 105 cm³/mol. The van der Waals surface area contributed by atoms with Gasteiger partial charge in [0.05, 0.1) is 29.7 Å². The van der Waals surface area contributed by atoms with E-state index in [0.717, 1.165) is 31.3 Å². The van der Waals surface area contributed by atoms with Gasteiger partial charge >= 0.3 is 6.43 Å². The van der Waals surface area contributed by atoms with Gasteiger partial charge in [0, 0.05) is 18.9 Å². The summed E-state index contributed by atoms with van der Waals surface area (Å²) in [7, 11) is 0. The van der Waals surface area contributed by atoms with Crippen molar-refractivity contribution in [2.45, 2.75) is 25.9 Å². The third-order valence-corrected chi connectivity index (χ3v) is 5.08. The summed E-state index contributed by atoms with van der Waals surface area (Å²) < 4.78 is 46.0. The molecular formula is C20H17F3N8O. The molecule has 0 spiro atoms. The van der Waals surface area contributed by atoms with E-state index in [1.54, 1.807) is 6.20 Å². The fourth-order valence-electron chi connectivity index (χ4n) is 3.25. The van der Waals surface area contributed by atoms with Gasteiger partial charge in [-0.3, -0.25) is 14.9 Å². The van der Waals surface area contributed by atoms with Gasteiger partial charge in [-0.1, -0.05) is 11.3 Å². The maximum Gasteiger partial charge on any atom is 0.314 e. The first kappa shape index (κ1) is 20.2. The van der Waals surface area contributed by atoms with Crippen LogP contribution >= 0.6 is 0 Å². The summed E-state index contributed by atoms with van der Waals surface area (Å²) in [5.74, 6) is -1.73. The van der Waals surface area contributed by atoms with Crippen molar-refractivity contribution in [2.75, 3.05) is 13.1 Å². The van der Waals surface area contributed by atoms with Crippen molar-refractivity contribution in [1.29, 1.82) is 0 Å². The highest BCUT2D eigenvalue weighted by Gasteiger charge is 2.19. The summed E-state index contributed by atoms with van der Waals surface area (Å²) in [4.78, 5) is 10.8. The van der Waals surface area contributed by atoms with Gasteiger partial charge in [0.15, 0.2) is 0 Å². The molecule has 1 aliphatic heterocycles. The molecular weight excluding hydrogens is 425 g/mol. The molecule has 4 aromatic rings. The molecule has 0 saturated carbocycles. The highest BCUT2D eigenvalue weighted by atomic mass is 19.3. The second-order valence-electron chi connectivity index (χ2n) is 7.38. The van der Waals surface area contributed by atoms with Crippen LogP contribution in [0.2, 0.25) is 0 Å². The molecule has 12 heteroatoms. The molecule has 5 heterocycles. The molecule has 0 N–H and O–H groups in total. The van der Waals surface area contributed by atoms with Gasteiger partial charge in [0.25, 0.3) is 5.89 Å². The molecule has 9 nitrogen and oxygen atoms in total. The van der Waals surface area contributed by atoms with E-state index in [0.29, 0.717) is 11.4 Å². The third kappa shape index (κ3) is 4.21. The van der Waals surface area contributed by atoms with Crippen molar-refractivity contribution in [1.82, 2.24) is 40.1 Å². The van der Waals surface area contributed by atoms with Crippen LogP contribution in [0.4, 0.5) is 13.2 Å². The average molecular weight is 442 g/mol. The van der Waals surface area contributed by atoms with Gasteiger partial charge in [-0.15, -0.1) is 15.3 Å². The molecule has 1 aliphatic rings. The summed E-state index contributed by atoms with van der Waals surface area (Å²) in [5, 5.41) is 14.8. The normalized spacial score (nSPS) is 14.1. The van der Waals surface area contributed by atoms with Gasteiger partial charge in [0.1, 0.15) is 11.5 Å². The first-order valence-corrected chi connectivity index (χ1v) is 9.89. The minimum absolute atomic E-state index is 0.0261. The molecule has 164 valence electrons. The molecule has 0 radical (unpaired) electrons. The lowest BCUT2D eigenvalue weighted by atomic mass is 10.1. The molecule has 0 atom stereocenters. The number of pyridine rings is 2. The summed E-state index contributed by atoms with van der Waals surface area (Å²) in [5.41, 5.74) is 2.56. The van der Waals surface area contributed by atoms with E-state index in [1.165, 1.54) is 17.3 Å². The van der Waals surface area contributed by atoms with Crippen LogP contribution in [0.3, 0.4) is 0 Å². The van der Waals surface area contributed by atoms with Crippen molar-refractivity contribution in [3.63, 3.8) is 0 Å². The Morgan fingerprint density at radius 2 is 1.88 bits per heavy atom. The molecule has 32 heavy (non-hydrogen) atoms. The predicted octanol–water partition coefficient (Wildman–Crippen LogP) is 3.12.